The molecule has 164 valence electrons. The fourth-order valence-corrected chi connectivity index (χ4v) is 5.11. The summed E-state index contributed by atoms with van der Waals surface area (Å²) in [5.74, 6) is -0.331. The van der Waals surface area contributed by atoms with Crippen LogP contribution in [0.25, 0.3) is 33.3 Å². The fraction of sp³-hybridized carbons (Fsp3) is 0.0370. The number of nitriles is 1. The average molecular weight is 481 g/mol. The molecule has 0 aliphatic heterocycles. The SMILES string of the molecule is Cc1sc(NC(=O)c2cc(-c3ccncc3)nc3ccc(Cl)cc23)c(C#N)c1-c1ccccc1. The second kappa shape index (κ2) is 9.06. The summed E-state index contributed by atoms with van der Waals surface area (Å²) in [4.78, 5) is 23.3. The van der Waals surface area contributed by atoms with Crippen molar-refractivity contribution in [3.63, 3.8) is 0 Å². The molecule has 0 bridgehead atoms. The lowest BCUT2D eigenvalue weighted by atomic mass is 10.0. The van der Waals surface area contributed by atoms with Gasteiger partial charge in [0.05, 0.1) is 22.3 Å². The van der Waals surface area contributed by atoms with Crippen molar-refractivity contribution < 1.29 is 4.79 Å². The number of fused-ring (bicyclic) bond motifs is 1. The molecular formula is C27H17ClN4OS. The third-order valence-electron chi connectivity index (χ3n) is 5.48. The van der Waals surface area contributed by atoms with E-state index in [1.54, 1.807) is 36.7 Å². The molecule has 0 atom stereocenters. The number of hydrogen-bond acceptors (Lipinski definition) is 5. The summed E-state index contributed by atoms with van der Waals surface area (Å²) in [5.41, 5.74) is 4.80. The zero-order chi connectivity index (χ0) is 23.7. The van der Waals surface area contributed by atoms with Gasteiger partial charge in [0.15, 0.2) is 0 Å². The van der Waals surface area contributed by atoms with Gasteiger partial charge in [0.1, 0.15) is 11.1 Å². The molecule has 0 unspecified atom stereocenters. The Bertz CT molecular complexity index is 1570. The summed E-state index contributed by atoms with van der Waals surface area (Å²) in [6, 6.07) is 22.7. The maximum absolute atomic E-state index is 13.6. The lowest BCUT2D eigenvalue weighted by molar-refractivity contribution is 0.102. The Labute approximate surface area is 205 Å². The number of nitrogens with one attached hydrogen (secondary N) is 1. The molecule has 2 aromatic carbocycles. The Balaban J connectivity index is 1.61. The number of aromatic nitrogens is 2. The Morgan fingerprint density at radius 1 is 1.03 bits per heavy atom. The van der Waals surface area contributed by atoms with E-state index in [0.29, 0.717) is 37.7 Å². The maximum Gasteiger partial charge on any atom is 0.257 e. The number of pyridine rings is 2. The van der Waals surface area contributed by atoms with Crippen LogP contribution in [0.2, 0.25) is 5.02 Å². The van der Waals surface area contributed by atoms with E-state index in [0.717, 1.165) is 21.6 Å². The first-order valence-electron chi connectivity index (χ1n) is 10.5. The van der Waals surface area contributed by atoms with Crippen molar-refractivity contribution >= 4 is 44.7 Å². The van der Waals surface area contributed by atoms with Crippen molar-refractivity contribution in [3.8, 4) is 28.5 Å². The van der Waals surface area contributed by atoms with Crippen LogP contribution in [0.1, 0.15) is 20.8 Å². The first-order valence-corrected chi connectivity index (χ1v) is 11.7. The summed E-state index contributed by atoms with van der Waals surface area (Å²) in [6.45, 7) is 1.95. The largest absolute Gasteiger partial charge is 0.312 e. The number of benzene rings is 2. The van der Waals surface area contributed by atoms with Gasteiger partial charge in [-0.15, -0.1) is 11.3 Å². The van der Waals surface area contributed by atoms with Gasteiger partial charge in [-0.1, -0.05) is 41.9 Å². The van der Waals surface area contributed by atoms with Crippen LogP contribution < -0.4 is 5.32 Å². The van der Waals surface area contributed by atoms with Gasteiger partial charge in [-0.05, 0) is 48.9 Å². The van der Waals surface area contributed by atoms with Crippen LogP contribution in [0.3, 0.4) is 0 Å². The van der Waals surface area contributed by atoms with Gasteiger partial charge < -0.3 is 5.32 Å². The molecule has 5 rings (SSSR count). The molecule has 0 fully saturated rings. The van der Waals surface area contributed by atoms with Crippen molar-refractivity contribution in [3.05, 3.63) is 100 Å². The minimum Gasteiger partial charge on any atom is -0.312 e. The highest BCUT2D eigenvalue weighted by molar-refractivity contribution is 7.17. The van der Waals surface area contributed by atoms with Gasteiger partial charge in [-0.25, -0.2) is 4.98 Å². The Kier molecular flexibility index (Phi) is 5.81. The van der Waals surface area contributed by atoms with Crippen molar-refractivity contribution in [2.75, 3.05) is 5.32 Å². The van der Waals surface area contributed by atoms with E-state index in [1.165, 1.54) is 11.3 Å². The minimum absolute atomic E-state index is 0.331. The predicted molar refractivity (Wildman–Crippen MR) is 137 cm³/mol. The number of hydrogen-bond donors (Lipinski definition) is 1. The lowest BCUT2D eigenvalue weighted by Gasteiger charge is -2.11. The van der Waals surface area contributed by atoms with Crippen molar-refractivity contribution in [2.24, 2.45) is 0 Å². The van der Waals surface area contributed by atoms with E-state index in [-0.39, 0.29) is 5.91 Å². The Hall–Kier alpha value is -4.05. The summed E-state index contributed by atoms with van der Waals surface area (Å²) in [5, 5.41) is 14.6. The maximum atomic E-state index is 13.6. The molecule has 0 saturated heterocycles. The smallest absolute Gasteiger partial charge is 0.257 e. The molecule has 0 spiro atoms. The molecule has 1 N–H and O–H groups in total. The number of halogens is 1. The third-order valence-corrected chi connectivity index (χ3v) is 6.73. The van der Waals surface area contributed by atoms with Gasteiger partial charge >= 0.3 is 0 Å². The van der Waals surface area contributed by atoms with Gasteiger partial charge in [0.25, 0.3) is 5.91 Å². The molecule has 3 aromatic heterocycles. The molecular weight excluding hydrogens is 464 g/mol. The van der Waals surface area contributed by atoms with E-state index in [4.69, 9.17) is 16.6 Å². The molecule has 34 heavy (non-hydrogen) atoms. The summed E-state index contributed by atoms with van der Waals surface area (Å²) in [6.07, 6.45) is 3.36. The summed E-state index contributed by atoms with van der Waals surface area (Å²) in [7, 11) is 0. The van der Waals surface area contributed by atoms with Gasteiger partial charge in [-0.3, -0.25) is 9.78 Å². The Morgan fingerprint density at radius 2 is 1.79 bits per heavy atom. The molecule has 0 saturated carbocycles. The zero-order valence-corrected chi connectivity index (χ0v) is 19.6. The molecule has 7 heteroatoms. The van der Waals surface area contributed by atoms with Gasteiger partial charge in [0, 0.05) is 38.8 Å². The molecule has 0 radical (unpaired) electrons. The topological polar surface area (TPSA) is 78.7 Å². The van der Waals surface area contributed by atoms with E-state index in [9.17, 15) is 10.1 Å². The first-order chi connectivity index (χ1) is 16.5. The van der Waals surface area contributed by atoms with Gasteiger partial charge in [-0.2, -0.15) is 5.26 Å². The van der Waals surface area contributed by atoms with Crippen LogP contribution in [-0.4, -0.2) is 15.9 Å². The van der Waals surface area contributed by atoms with Crippen LogP contribution >= 0.6 is 22.9 Å². The van der Waals surface area contributed by atoms with Crippen LogP contribution in [0, 0.1) is 18.3 Å². The fourth-order valence-electron chi connectivity index (χ4n) is 3.92. The summed E-state index contributed by atoms with van der Waals surface area (Å²) < 4.78 is 0. The van der Waals surface area contributed by atoms with E-state index < -0.39 is 0 Å². The lowest BCUT2D eigenvalue weighted by Crippen LogP contribution is -2.13. The van der Waals surface area contributed by atoms with Crippen LogP contribution in [0.15, 0.2) is 79.1 Å². The van der Waals surface area contributed by atoms with Crippen LogP contribution in [0.4, 0.5) is 5.00 Å². The first kappa shape index (κ1) is 21.8. The second-order valence-corrected chi connectivity index (χ2v) is 9.28. The summed E-state index contributed by atoms with van der Waals surface area (Å²) >= 11 is 7.63. The standard InChI is InChI=1S/C27H17ClN4OS/c1-16-25(18-5-3-2-4-6-18)22(15-29)27(34-16)32-26(33)21-14-24(17-9-11-30-12-10-17)31-23-8-7-19(28)13-20(21)23/h2-14H,1H3,(H,32,33). The van der Waals surface area contributed by atoms with Crippen LogP contribution in [-0.2, 0) is 0 Å². The highest BCUT2D eigenvalue weighted by Crippen LogP contribution is 2.39. The molecule has 0 aliphatic carbocycles. The number of carbonyl (C=O) groups excluding carboxylic acids is 1. The monoisotopic (exact) mass is 480 g/mol. The third kappa shape index (κ3) is 4.03. The molecule has 1 amide bonds. The van der Waals surface area contributed by atoms with Crippen molar-refractivity contribution in [1.29, 1.82) is 5.26 Å². The molecule has 5 nitrogen and oxygen atoms in total. The van der Waals surface area contributed by atoms with E-state index in [2.05, 4.69) is 16.4 Å². The second-order valence-electron chi connectivity index (χ2n) is 7.62. The molecule has 5 aromatic rings. The number of amides is 1. The van der Waals surface area contributed by atoms with Crippen LogP contribution in [0.5, 0.6) is 0 Å². The van der Waals surface area contributed by atoms with Gasteiger partial charge in [0.2, 0.25) is 0 Å². The average Bonchev–Trinajstić information content (AvgIpc) is 3.18. The number of aryl methyl sites for hydroxylation is 1. The zero-order valence-electron chi connectivity index (χ0n) is 18.0. The number of carbonyl (C=O) groups is 1. The Morgan fingerprint density at radius 3 is 2.53 bits per heavy atom. The normalized spacial score (nSPS) is 10.7. The molecule has 0 aliphatic rings. The highest BCUT2D eigenvalue weighted by Gasteiger charge is 2.21. The van der Waals surface area contributed by atoms with E-state index >= 15 is 0 Å². The predicted octanol–water partition coefficient (Wildman–Crippen LogP) is 7.11. The highest BCUT2D eigenvalue weighted by atomic mass is 35.5. The number of nitrogens with zero attached hydrogens (tertiary/aromatic N) is 3. The number of thiophene rings is 1. The van der Waals surface area contributed by atoms with Crippen molar-refractivity contribution in [1.82, 2.24) is 9.97 Å². The molecule has 3 heterocycles. The van der Waals surface area contributed by atoms with Crippen molar-refractivity contribution in [2.45, 2.75) is 6.92 Å². The van der Waals surface area contributed by atoms with E-state index in [1.807, 2.05) is 49.4 Å². The quantitative estimate of drug-likeness (QED) is 0.297. The number of rotatable bonds is 4. The number of anilines is 1. The minimum atomic E-state index is -0.331.